The highest BCUT2D eigenvalue weighted by molar-refractivity contribution is 6.71. The zero-order valence-corrected chi connectivity index (χ0v) is 14.3. The molecule has 0 fully saturated rings. The first-order valence-electron chi connectivity index (χ1n) is 7.11. The molecule has 0 aliphatic rings. The molecular weight excluding hydrogens is 280 g/mol. The van der Waals surface area contributed by atoms with Crippen LogP contribution in [-0.2, 0) is 9.22 Å². The summed E-state index contributed by atoms with van der Waals surface area (Å²) in [5.74, 6) is 0.451. The van der Waals surface area contributed by atoms with Crippen LogP contribution in [0.5, 0.6) is 5.75 Å². The normalized spacial score (nSPS) is 13.0. The smallest absolute Gasteiger partial charge is 0.299 e. The number of carbonyl (C=O) groups is 1. The number of carbonyl (C=O) groups excluding carboxylic acids is 1. The van der Waals surface area contributed by atoms with E-state index in [1.165, 1.54) is 0 Å². The Bertz CT molecular complexity index is 659. The fourth-order valence-corrected chi connectivity index (χ4v) is 2.95. The van der Waals surface area contributed by atoms with Crippen molar-refractivity contribution < 1.29 is 14.0 Å². The van der Waals surface area contributed by atoms with E-state index < -0.39 is 8.32 Å². The number of benzene rings is 2. The van der Waals surface area contributed by atoms with Gasteiger partial charge in [0.2, 0.25) is 8.32 Å². The van der Waals surface area contributed by atoms with Crippen LogP contribution in [0.15, 0.2) is 36.4 Å². The van der Waals surface area contributed by atoms with Crippen molar-refractivity contribution in [2.24, 2.45) is 0 Å². The van der Waals surface area contributed by atoms with E-state index in [1.807, 2.05) is 63.0 Å². The van der Waals surface area contributed by atoms with Gasteiger partial charge in [0.05, 0.1) is 13.0 Å². The molecule has 0 aromatic heterocycles. The standard InChI is InChI=1S/C17H22O3Si/c1-12(17(18)20-21(3,4)5)13-6-7-15-11-16(19-2)9-8-14(15)10-13/h6-12H,1-5H3. The summed E-state index contributed by atoms with van der Waals surface area (Å²) in [6, 6.07) is 12.0. The molecule has 0 heterocycles. The van der Waals surface area contributed by atoms with E-state index in [1.54, 1.807) is 7.11 Å². The lowest BCUT2D eigenvalue weighted by molar-refractivity contribution is -0.136. The minimum Gasteiger partial charge on any atom is -0.519 e. The van der Waals surface area contributed by atoms with Gasteiger partial charge in [0, 0.05) is 0 Å². The summed E-state index contributed by atoms with van der Waals surface area (Å²) in [7, 11) is -0.191. The van der Waals surface area contributed by atoms with Crippen LogP contribution >= 0.6 is 0 Å². The van der Waals surface area contributed by atoms with Gasteiger partial charge in [0.25, 0.3) is 5.97 Å². The van der Waals surface area contributed by atoms with Crippen molar-refractivity contribution >= 4 is 25.1 Å². The lowest BCUT2D eigenvalue weighted by Gasteiger charge is -2.21. The van der Waals surface area contributed by atoms with E-state index >= 15 is 0 Å². The number of rotatable bonds is 4. The lowest BCUT2D eigenvalue weighted by atomic mass is 9.98. The summed E-state index contributed by atoms with van der Waals surface area (Å²) in [4.78, 5) is 12.2. The SMILES string of the molecule is COc1ccc2cc(C(C)C(=O)O[Si](C)(C)C)ccc2c1. The summed E-state index contributed by atoms with van der Waals surface area (Å²) in [5, 5.41) is 2.20. The maximum atomic E-state index is 12.2. The Hall–Kier alpha value is -1.81. The number of methoxy groups -OCH3 is 1. The van der Waals surface area contributed by atoms with E-state index in [0.717, 1.165) is 22.1 Å². The second kappa shape index (κ2) is 5.90. The van der Waals surface area contributed by atoms with Crippen molar-refractivity contribution in [3.05, 3.63) is 42.0 Å². The van der Waals surface area contributed by atoms with E-state index in [2.05, 4.69) is 0 Å². The van der Waals surface area contributed by atoms with E-state index in [0.29, 0.717) is 0 Å². The number of hydrogen-bond donors (Lipinski definition) is 0. The molecule has 2 aromatic rings. The van der Waals surface area contributed by atoms with Gasteiger partial charge in [-0.05, 0) is 55.0 Å². The van der Waals surface area contributed by atoms with Crippen LogP contribution in [0.3, 0.4) is 0 Å². The third kappa shape index (κ3) is 3.85. The largest absolute Gasteiger partial charge is 0.519 e. The van der Waals surface area contributed by atoms with Gasteiger partial charge in [0.15, 0.2) is 0 Å². The molecule has 21 heavy (non-hydrogen) atoms. The third-order valence-electron chi connectivity index (χ3n) is 3.33. The predicted octanol–water partition coefficient (Wildman–Crippen LogP) is 4.33. The van der Waals surface area contributed by atoms with E-state index in [-0.39, 0.29) is 11.9 Å². The first-order chi connectivity index (χ1) is 9.80. The maximum Gasteiger partial charge on any atom is 0.299 e. The van der Waals surface area contributed by atoms with Crippen LogP contribution in [0.1, 0.15) is 18.4 Å². The number of fused-ring (bicyclic) bond motifs is 1. The highest BCUT2D eigenvalue weighted by atomic mass is 28.4. The Labute approximate surface area is 127 Å². The first kappa shape index (κ1) is 15.6. The lowest BCUT2D eigenvalue weighted by Crippen LogP contribution is -2.31. The average Bonchev–Trinajstić information content (AvgIpc) is 2.43. The van der Waals surface area contributed by atoms with Gasteiger partial charge in [0.1, 0.15) is 5.75 Å². The van der Waals surface area contributed by atoms with Crippen LogP contribution in [0.25, 0.3) is 10.8 Å². The first-order valence-corrected chi connectivity index (χ1v) is 10.5. The monoisotopic (exact) mass is 302 g/mol. The molecular formula is C17H22O3Si. The molecule has 1 unspecified atom stereocenters. The summed E-state index contributed by atoms with van der Waals surface area (Å²) in [5.41, 5.74) is 0.982. The Morgan fingerprint density at radius 1 is 1.05 bits per heavy atom. The molecule has 0 saturated heterocycles. The van der Waals surface area contributed by atoms with Gasteiger partial charge in [-0.3, -0.25) is 4.79 Å². The minimum absolute atomic E-state index is 0.137. The molecule has 0 amide bonds. The van der Waals surface area contributed by atoms with Crippen molar-refractivity contribution in [3.63, 3.8) is 0 Å². The molecule has 3 nitrogen and oxygen atoms in total. The summed E-state index contributed by atoms with van der Waals surface area (Å²) in [6.07, 6.45) is 0. The fraction of sp³-hybridized carbons (Fsp3) is 0.353. The molecule has 0 N–H and O–H groups in total. The van der Waals surface area contributed by atoms with Gasteiger partial charge < -0.3 is 9.16 Å². The van der Waals surface area contributed by atoms with Gasteiger partial charge in [-0.25, -0.2) is 0 Å². The molecule has 0 saturated carbocycles. The average molecular weight is 302 g/mol. The Kier molecular flexibility index (Phi) is 4.37. The topological polar surface area (TPSA) is 35.5 Å². The number of hydrogen-bond acceptors (Lipinski definition) is 3. The Balaban J connectivity index is 2.28. The molecule has 4 heteroatoms. The maximum absolute atomic E-state index is 12.2. The van der Waals surface area contributed by atoms with Crippen molar-refractivity contribution in [2.75, 3.05) is 7.11 Å². The van der Waals surface area contributed by atoms with Crippen LogP contribution in [0.2, 0.25) is 19.6 Å². The molecule has 0 bridgehead atoms. The molecule has 1 atom stereocenters. The zero-order chi connectivity index (χ0) is 15.6. The molecule has 112 valence electrons. The Morgan fingerprint density at radius 3 is 2.29 bits per heavy atom. The van der Waals surface area contributed by atoms with Gasteiger partial charge >= 0.3 is 0 Å². The van der Waals surface area contributed by atoms with E-state index in [4.69, 9.17) is 9.16 Å². The minimum atomic E-state index is -1.85. The highest BCUT2D eigenvalue weighted by Crippen LogP contribution is 2.26. The quantitative estimate of drug-likeness (QED) is 0.789. The molecule has 2 aromatic carbocycles. The fourth-order valence-electron chi connectivity index (χ4n) is 2.16. The molecule has 0 radical (unpaired) electrons. The van der Waals surface area contributed by atoms with Crippen molar-refractivity contribution in [2.45, 2.75) is 32.5 Å². The molecule has 2 rings (SSSR count). The Morgan fingerprint density at radius 2 is 1.67 bits per heavy atom. The third-order valence-corrected chi connectivity index (χ3v) is 4.15. The van der Waals surface area contributed by atoms with Crippen molar-refractivity contribution in [1.82, 2.24) is 0 Å². The van der Waals surface area contributed by atoms with Gasteiger partial charge in [-0.1, -0.05) is 24.3 Å². The van der Waals surface area contributed by atoms with Crippen LogP contribution in [-0.4, -0.2) is 21.4 Å². The summed E-state index contributed by atoms with van der Waals surface area (Å²) >= 11 is 0. The second-order valence-corrected chi connectivity index (χ2v) is 10.7. The van der Waals surface area contributed by atoms with Gasteiger partial charge in [-0.15, -0.1) is 0 Å². The molecule has 0 spiro atoms. The summed E-state index contributed by atoms with van der Waals surface area (Å²) in [6.45, 7) is 7.95. The summed E-state index contributed by atoms with van der Waals surface area (Å²) < 4.78 is 10.8. The van der Waals surface area contributed by atoms with Gasteiger partial charge in [-0.2, -0.15) is 0 Å². The number of ether oxygens (including phenoxy) is 1. The van der Waals surface area contributed by atoms with Crippen LogP contribution in [0, 0.1) is 0 Å². The highest BCUT2D eigenvalue weighted by Gasteiger charge is 2.24. The van der Waals surface area contributed by atoms with Crippen LogP contribution in [0.4, 0.5) is 0 Å². The zero-order valence-electron chi connectivity index (χ0n) is 13.3. The van der Waals surface area contributed by atoms with Crippen molar-refractivity contribution in [3.8, 4) is 5.75 Å². The second-order valence-electron chi connectivity index (χ2n) is 6.23. The predicted molar refractivity (Wildman–Crippen MR) is 88.4 cm³/mol. The van der Waals surface area contributed by atoms with Crippen LogP contribution < -0.4 is 4.74 Å². The molecule has 0 aliphatic heterocycles. The van der Waals surface area contributed by atoms with Crippen molar-refractivity contribution in [1.29, 1.82) is 0 Å². The molecule has 0 aliphatic carbocycles. The van der Waals surface area contributed by atoms with E-state index in [9.17, 15) is 4.79 Å².